The number of hydrogen-bond donors (Lipinski definition) is 2. The number of amides is 2. The van der Waals surface area contributed by atoms with Crippen LogP contribution in [0.15, 0.2) is 36.0 Å². The van der Waals surface area contributed by atoms with E-state index in [0.717, 1.165) is 20.9 Å². The zero-order valence-electron chi connectivity index (χ0n) is 17.3. The molecule has 2 N–H and O–H groups in total. The van der Waals surface area contributed by atoms with Crippen LogP contribution in [0.2, 0.25) is 0 Å². The van der Waals surface area contributed by atoms with Crippen LogP contribution >= 0.6 is 22.7 Å². The van der Waals surface area contributed by atoms with Gasteiger partial charge in [-0.25, -0.2) is 4.79 Å². The summed E-state index contributed by atoms with van der Waals surface area (Å²) in [6.07, 6.45) is 7.74. The topological polar surface area (TPSA) is 109 Å². The highest BCUT2D eigenvalue weighted by atomic mass is 32.1. The van der Waals surface area contributed by atoms with Gasteiger partial charge in [-0.15, -0.1) is 22.7 Å². The molecule has 3 aromatic rings. The number of thiophene rings is 2. The molecule has 3 aromatic heterocycles. The zero-order valence-corrected chi connectivity index (χ0v) is 19.0. The van der Waals surface area contributed by atoms with Crippen molar-refractivity contribution in [2.24, 2.45) is 7.05 Å². The van der Waals surface area contributed by atoms with E-state index < -0.39 is 6.09 Å². The highest BCUT2D eigenvalue weighted by molar-refractivity contribution is 7.16. The van der Waals surface area contributed by atoms with Crippen LogP contribution in [-0.2, 0) is 36.0 Å². The van der Waals surface area contributed by atoms with Crippen LogP contribution in [0.25, 0.3) is 6.08 Å². The summed E-state index contributed by atoms with van der Waals surface area (Å²) >= 11 is 2.92. The molecular formula is C22H21N5O3S2. The first-order chi connectivity index (χ1) is 15.5. The highest BCUT2D eigenvalue weighted by Crippen LogP contribution is 2.38. The summed E-state index contributed by atoms with van der Waals surface area (Å²) < 4.78 is 7.24. The first-order valence-corrected chi connectivity index (χ1v) is 11.7. The van der Waals surface area contributed by atoms with Crippen LogP contribution in [0.4, 0.5) is 9.80 Å². The minimum absolute atomic E-state index is 0.274. The minimum atomic E-state index is -0.480. The molecule has 2 amide bonds. The van der Waals surface area contributed by atoms with Crippen molar-refractivity contribution in [2.45, 2.75) is 31.9 Å². The number of ether oxygens (including phenoxy) is 1. The number of anilines is 1. The molecule has 1 atom stereocenters. The van der Waals surface area contributed by atoms with Gasteiger partial charge in [-0.1, -0.05) is 6.07 Å². The number of nitriles is 1. The van der Waals surface area contributed by atoms with Crippen molar-refractivity contribution in [3.8, 4) is 6.07 Å². The van der Waals surface area contributed by atoms with E-state index in [9.17, 15) is 14.9 Å². The maximum atomic E-state index is 12.3. The van der Waals surface area contributed by atoms with Crippen molar-refractivity contribution in [3.63, 3.8) is 0 Å². The van der Waals surface area contributed by atoms with E-state index in [-0.39, 0.29) is 12.0 Å². The second kappa shape index (κ2) is 9.80. The van der Waals surface area contributed by atoms with E-state index in [0.29, 0.717) is 36.4 Å². The molecule has 0 aliphatic heterocycles. The molecule has 0 bridgehead atoms. The van der Waals surface area contributed by atoms with Gasteiger partial charge in [-0.2, -0.15) is 10.4 Å². The summed E-state index contributed by atoms with van der Waals surface area (Å²) in [5, 5.41) is 21.7. The Kier molecular flexibility index (Phi) is 6.68. The lowest BCUT2D eigenvalue weighted by atomic mass is 9.94. The number of carbonyl (C=O) groups excluding carboxylic acids is 2. The maximum absolute atomic E-state index is 12.3. The number of carbonyl (C=O) groups is 2. The molecule has 10 heteroatoms. The van der Waals surface area contributed by atoms with Gasteiger partial charge in [0.25, 0.3) is 0 Å². The van der Waals surface area contributed by atoms with E-state index in [4.69, 9.17) is 4.74 Å². The van der Waals surface area contributed by atoms with E-state index in [1.807, 2.05) is 30.8 Å². The largest absolute Gasteiger partial charge is 0.446 e. The number of nitrogens with zero attached hydrogens (tertiary/aromatic N) is 3. The quantitative estimate of drug-likeness (QED) is 0.535. The van der Waals surface area contributed by atoms with Crippen molar-refractivity contribution in [1.29, 1.82) is 5.26 Å². The average molecular weight is 468 g/mol. The first-order valence-electron chi connectivity index (χ1n) is 10.0. The van der Waals surface area contributed by atoms with Gasteiger partial charge < -0.3 is 15.4 Å². The summed E-state index contributed by atoms with van der Waals surface area (Å²) in [5.74, 6) is -0.281. The molecule has 4 rings (SSSR count). The zero-order chi connectivity index (χ0) is 22.5. The van der Waals surface area contributed by atoms with Crippen LogP contribution in [0.1, 0.15) is 32.9 Å². The highest BCUT2D eigenvalue weighted by Gasteiger charge is 2.28. The van der Waals surface area contributed by atoms with Gasteiger partial charge >= 0.3 is 6.09 Å². The molecule has 8 nitrogen and oxygen atoms in total. The normalized spacial score (nSPS) is 15.2. The van der Waals surface area contributed by atoms with Gasteiger partial charge in [-0.05, 0) is 35.9 Å². The van der Waals surface area contributed by atoms with Gasteiger partial charge in [0.05, 0.1) is 11.8 Å². The molecule has 0 spiro atoms. The molecule has 0 saturated heterocycles. The van der Waals surface area contributed by atoms with Gasteiger partial charge in [0.15, 0.2) is 0 Å². The Morgan fingerprint density at radius 1 is 1.47 bits per heavy atom. The fraction of sp³-hybridized carbons (Fsp3) is 0.273. The second-order valence-electron chi connectivity index (χ2n) is 7.30. The molecule has 1 unspecified atom stereocenters. The van der Waals surface area contributed by atoms with Gasteiger partial charge in [0, 0.05) is 47.6 Å². The van der Waals surface area contributed by atoms with E-state index in [1.54, 1.807) is 28.3 Å². The maximum Gasteiger partial charge on any atom is 0.407 e. The molecule has 32 heavy (non-hydrogen) atoms. The number of aromatic nitrogens is 2. The Hall–Kier alpha value is -3.42. The average Bonchev–Trinajstić information content (AvgIpc) is 3.50. The van der Waals surface area contributed by atoms with Crippen LogP contribution in [0.3, 0.4) is 0 Å². The number of fused-ring (bicyclic) bond motifs is 1. The monoisotopic (exact) mass is 467 g/mol. The molecule has 0 aromatic carbocycles. The summed E-state index contributed by atoms with van der Waals surface area (Å²) in [7, 11) is 1.81. The summed E-state index contributed by atoms with van der Waals surface area (Å²) in [6, 6.07) is 6.06. The Morgan fingerprint density at radius 2 is 2.34 bits per heavy atom. The first kappa shape index (κ1) is 21.8. The minimum Gasteiger partial charge on any atom is -0.446 e. The van der Waals surface area contributed by atoms with Gasteiger partial charge in [0.2, 0.25) is 5.91 Å². The van der Waals surface area contributed by atoms with Gasteiger partial charge in [0.1, 0.15) is 17.2 Å². The molecule has 0 radical (unpaired) electrons. The van der Waals surface area contributed by atoms with E-state index in [2.05, 4.69) is 21.8 Å². The third kappa shape index (κ3) is 5.25. The predicted octanol–water partition coefficient (Wildman–Crippen LogP) is 3.85. The van der Waals surface area contributed by atoms with Crippen molar-refractivity contribution in [2.75, 3.05) is 5.32 Å². The molecule has 0 fully saturated rings. The SMILES string of the molecule is Cn1cc(CNC(=O)OC2CCc3c(sc(NC(=O)C=Cc4cccs4)c3C#N)C2)cn1. The van der Waals surface area contributed by atoms with Gasteiger partial charge in [-0.3, -0.25) is 9.48 Å². The number of nitrogens with one attached hydrogen (secondary N) is 2. The van der Waals surface area contributed by atoms with Crippen LogP contribution < -0.4 is 10.6 Å². The number of aryl methyl sites for hydroxylation is 1. The Balaban J connectivity index is 1.35. The Morgan fingerprint density at radius 3 is 3.06 bits per heavy atom. The van der Waals surface area contributed by atoms with Crippen molar-refractivity contribution >= 4 is 45.8 Å². The van der Waals surface area contributed by atoms with E-state index >= 15 is 0 Å². The summed E-state index contributed by atoms with van der Waals surface area (Å²) in [4.78, 5) is 26.4. The lowest BCUT2D eigenvalue weighted by Crippen LogP contribution is -2.31. The van der Waals surface area contributed by atoms with Crippen molar-refractivity contribution in [3.05, 3.63) is 62.4 Å². The number of hydrogen-bond acceptors (Lipinski definition) is 7. The number of alkyl carbamates (subject to hydrolysis) is 1. The van der Waals surface area contributed by atoms with Crippen molar-refractivity contribution < 1.29 is 14.3 Å². The summed E-state index contributed by atoms with van der Waals surface area (Å²) in [5.41, 5.74) is 2.33. The van der Waals surface area contributed by atoms with Crippen LogP contribution in [0, 0.1) is 11.3 Å². The van der Waals surface area contributed by atoms with Crippen molar-refractivity contribution in [1.82, 2.24) is 15.1 Å². The lowest BCUT2D eigenvalue weighted by Gasteiger charge is -2.22. The lowest BCUT2D eigenvalue weighted by molar-refractivity contribution is -0.111. The molecule has 1 aliphatic carbocycles. The molecule has 0 saturated carbocycles. The predicted molar refractivity (Wildman–Crippen MR) is 123 cm³/mol. The third-order valence-corrected chi connectivity index (χ3v) is 6.99. The second-order valence-corrected chi connectivity index (χ2v) is 9.39. The molecular weight excluding hydrogens is 446 g/mol. The fourth-order valence-electron chi connectivity index (χ4n) is 3.49. The fourth-order valence-corrected chi connectivity index (χ4v) is 5.37. The molecule has 164 valence electrons. The van der Waals surface area contributed by atoms with Crippen LogP contribution in [-0.4, -0.2) is 27.9 Å². The third-order valence-electron chi connectivity index (χ3n) is 4.98. The van der Waals surface area contributed by atoms with E-state index in [1.165, 1.54) is 17.4 Å². The number of rotatable bonds is 6. The standard InChI is InChI=1S/C22H21N5O3S2/c1-27-13-14(12-25-27)11-24-22(29)30-15-4-6-17-18(10-23)21(32-19(17)9-15)26-20(28)7-5-16-3-2-8-31-16/h2-3,5,7-8,12-13,15H,4,6,9,11H2,1H3,(H,24,29)(H,26,28). The Bertz CT molecular complexity index is 1190. The Labute approximate surface area is 193 Å². The molecule has 3 heterocycles. The smallest absolute Gasteiger partial charge is 0.407 e. The van der Waals surface area contributed by atoms with Crippen LogP contribution in [0.5, 0.6) is 0 Å². The molecule has 1 aliphatic rings. The summed E-state index contributed by atoms with van der Waals surface area (Å²) in [6.45, 7) is 0.345.